The molecular formula is C30H27ClFN5O3. The number of nitrogens with one attached hydrogen (secondary N) is 1. The normalized spacial score (nSPS) is 17.5. The number of aromatic amines is 1. The molecule has 0 bridgehead atoms. The first-order valence-corrected chi connectivity index (χ1v) is 13.4. The fraction of sp³-hybridized carbons (Fsp3) is 0.233. The molecule has 0 aliphatic carbocycles. The van der Waals surface area contributed by atoms with Crippen LogP contribution < -0.4 is 9.64 Å². The van der Waals surface area contributed by atoms with Gasteiger partial charge in [0.1, 0.15) is 22.8 Å². The number of hydrogen-bond acceptors (Lipinski definition) is 6. The molecule has 8 nitrogen and oxygen atoms in total. The molecule has 204 valence electrons. The molecule has 0 saturated carbocycles. The third-order valence-corrected chi connectivity index (χ3v) is 7.70. The largest absolute Gasteiger partial charge is 0.508 e. The van der Waals surface area contributed by atoms with Crippen molar-refractivity contribution in [2.75, 3.05) is 18.0 Å². The summed E-state index contributed by atoms with van der Waals surface area (Å²) in [6, 6.07) is 13.7. The second-order valence-corrected chi connectivity index (χ2v) is 10.6. The number of piperazine rings is 1. The van der Waals surface area contributed by atoms with Gasteiger partial charge < -0.3 is 24.6 Å². The number of amides is 1. The maximum Gasteiger partial charge on any atom is 0.324 e. The SMILES string of the molecule is CC(=O)N1C[C@H](C)N(c2nc(Oc3cc[nH]c3)nc3c(F)c(-c4cc(O)cc5ccccc45)c(Cl)cc23)C[C@H]1C. The molecule has 1 aliphatic rings. The minimum Gasteiger partial charge on any atom is -0.508 e. The van der Waals surface area contributed by atoms with E-state index >= 15 is 4.39 Å². The minimum absolute atomic E-state index is 0.0000895. The topological polar surface area (TPSA) is 94.6 Å². The molecule has 2 aromatic heterocycles. The summed E-state index contributed by atoms with van der Waals surface area (Å²) in [5, 5.41) is 12.5. The highest BCUT2D eigenvalue weighted by molar-refractivity contribution is 6.35. The van der Waals surface area contributed by atoms with Crippen LogP contribution in [0, 0.1) is 5.82 Å². The van der Waals surface area contributed by atoms with Crippen molar-refractivity contribution in [3.8, 4) is 28.6 Å². The number of rotatable bonds is 4. The van der Waals surface area contributed by atoms with Gasteiger partial charge in [0.25, 0.3) is 0 Å². The summed E-state index contributed by atoms with van der Waals surface area (Å²) in [7, 11) is 0. The summed E-state index contributed by atoms with van der Waals surface area (Å²) in [5.74, 6) is 0.284. The van der Waals surface area contributed by atoms with E-state index in [9.17, 15) is 9.90 Å². The molecule has 40 heavy (non-hydrogen) atoms. The Morgan fingerprint density at radius 2 is 1.90 bits per heavy atom. The number of H-pyrrole nitrogens is 1. The number of carbonyl (C=O) groups is 1. The van der Waals surface area contributed by atoms with Crippen molar-refractivity contribution in [2.45, 2.75) is 32.9 Å². The van der Waals surface area contributed by atoms with Crippen molar-refractivity contribution in [1.29, 1.82) is 0 Å². The standard InChI is InChI=1S/C30H27ClFN5O3/c1-16-15-37(17(2)14-36(16)18(3)38)29-24-12-25(31)26(23-11-20(39)10-19-6-4-5-7-22(19)23)27(32)28(24)34-30(35-29)40-21-8-9-33-13-21/h4-13,16-17,33,39H,14-15H2,1-3H3/t16-,17+/m1/s1. The van der Waals surface area contributed by atoms with E-state index in [1.54, 1.807) is 37.5 Å². The number of aromatic hydroxyl groups is 1. The molecule has 1 aliphatic heterocycles. The Morgan fingerprint density at radius 1 is 1.10 bits per heavy atom. The van der Waals surface area contributed by atoms with Crippen molar-refractivity contribution < 1.29 is 19.0 Å². The molecule has 5 aromatic rings. The van der Waals surface area contributed by atoms with Gasteiger partial charge in [0.15, 0.2) is 5.82 Å². The third-order valence-electron chi connectivity index (χ3n) is 7.40. The molecule has 1 amide bonds. The summed E-state index contributed by atoms with van der Waals surface area (Å²) >= 11 is 6.81. The number of hydrogen-bond donors (Lipinski definition) is 2. The average molecular weight is 560 g/mol. The van der Waals surface area contributed by atoms with Crippen LogP contribution in [0.1, 0.15) is 20.8 Å². The van der Waals surface area contributed by atoms with Gasteiger partial charge >= 0.3 is 6.01 Å². The predicted molar refractivity (Wildman–Crippen MR) is 154 cm³/mol. The molecular weight excluding hydrogens is 533 g/mol. The number of nitrogens with zero attached hydrogens (tertiary/aromatic N) is 4. The van der Waals surface area contributed by atoms with Crippen LogP contribution in [-0.2, 0) is 4.79 Å². The Kier molecular flexibility index (Phi) is 6.46. The fourth-order valence-electron chi connectivity index (χ4n) is 5.51. The van der Waals surface area contributed by atoms with E-state index in [2.05, 4.69) is 9.97 Å². The van der Waals surface area contributed by atoms with E-state index in [4.69, 9.17) is 21.3 Å². The molecule has 1 fully saturated rings. The molecule has 2 atom stereocenters. The number of phenolic OH excluding ortho intramolecular Hbond substituents is 1. The van der Waals surface area contributed by atoms with E-state index in [1.807, 2.05) is 47.9 Å². The summed E-state index contributed by atoms with van der Waals surface area (Å²) in [6.45, 7) is 6.49. The molecule has 10 heteroatoms. The van der Waals surface area contributed by atoms with Gasteiger partial charge in [-0.2, -0.15) is 9.97 Å². The van der Waals surface area contributed by atoms with E-state index in [0.717, 1.165) is 10.8 Å². The number of anilines is 1. The van der Waals surface area contributed by atoms with Crippen molar-refractivity contribution in [2.24, 2.45) is 0 Å². The van der Waals surface area contributed by atoms with E-state index in [-0.39, 0.29) is 45.9 Å². The first-order valence-electron chi connectivity index (χ1n) is 13.0. The number of ether oxygens (including phenoxy) is 1. The lowest BCUT2D eigenvalue weighted by molar-refractivity contribution is -0.131. The number of halogens is 2. The molecule has 2 N–H and O–H groups in total. The van der Waals surface area contributed by atoms with Crippen LogP contribution in [0.3, 0.4) is 0 Å². The van der Waals surface area contributed by atoms with Crippen LogP contribution in [0.2, 0.25) is 5.02 Å². The summed E-state index contributed by atoms with van der Waals surface area (Å²) in [5.41, 5.74) is 0.614. The Balaban J connectivity index is 1.58. The molecule has 0 radical (unpaired) electrons. The third kappa shape index (κ3) is 4.46. The van der Waals surface area contributed by atoms with Gasteiger partial charge in [-0.3, -0.25) is 4.79 Å². The van der Waals surface area contributed by atoms with Crippen LogP contribution >= 0.6 is 11.6 Å². The lowest BCUT2D eigenvalue weighted by Crippen LogP contribution is -2.58. The van der Waals surface area contributed by atoms with Crippen LogP contribution in [0.25, 0.3) is 32.8 Å². The second-order valence-electron chi connectivity index (χ2n) is 10.2. The van der Waals surface area contributed by atoms with E-state index in [0.29, 0.717) is 35.6 Å². The Morgan fingerprint density at radius 3 is 2.65 bits per heavy atom. The Labute approximate surface area is 235 Å². The zero-order chi connectivity index (χ0) is 28.1. The smallest absolute Gasteiger partial charge is 0.324 e. The van der Waals surface area contributed by atoms with Gasteiger partial charge in [-0.1, -0.05) is 35.9 Å². The maximum absolute atomic E-state index is 16.6. The van der Waals surface area contributed by atoms with Gasteiger partial charge in [0, 0.05) is 55.4 Å². The molecule has 3 aromatic carbocycles. The second kappa shape index (κ2) is 9.98. The lowest BCUT2D eigenvalue weighted by atomic mass is 9.96. The van der Waals surface area contributed by atoms with Crippen molar-refractivity contribution in [3.63, 3.8) is 0 Å². The highest BCUT2D eigenvalue weighted by Gasteiger charge is 2.33. The number of carbonyl (C=O) groups excluding carboxylic acids is 1. The molecule has 0 spiro atoms. The highest BCUT2D eigenvalue weighted by atomic mass is 35.5. The number of phenols is 1. The van der Waals surface area contributed by atoms with E-state index < -0.39 is 5.82 Å². The quantitative estimate of drug-likeness (QED) is 0.260. The van der Waals surface area contributed by atoms with Crippen LogP contribution in [0.5, 0.6) is 17.5 Å². The summed E-state index contributed by atoms with van der Waals surface area (Å²) < 4.78 is 22.5. The zero-order valence-electron chi connectivity index (χ0n) is 22.2. The van der Waals surface area contributed by atoms with Gasteiger partial charge in [-0.25, -0.2) is 4.39 Å². The van der Waals surface area contributed by atoms with Crippen LogP contribution in [-0.4, -0.2) is 56.0 Å². The van der Waals surface area contributed by atoms with Gasteiger partial charge in [-0.15, -0.1) is 0 Å². The van der Waals surface area contributed by atoms with Crippen molar-refractivity contribution in [3.05, 3.63) is 71.8 Å². The fourth-order valence-corrected chi connectivity index (χ4v) is 5.80. The van der Waals surface area contributed by atoms with E-state index in [1.165, 1.54) is 6.07 Å². The minimum atomic E-state index is -0.649. The predicted octanol–water partition coefficient (Wildman–Crippen LogP) is 6.51. The molecule has 6 rings (SSSR count). The molecule has 3 heterocycles. The summed E-state index contributed by atoms with van der Waals surface area (Å²) in [6.07, 6.45) is 3.35. The summed E-state index contributed by atoms with van der Waals surface area (Å²) in [4.78, 5) is 28.2. The Hall–Kier alpha value is -4.37. The van der Waals surface area contributed by atoms with Crippen LogP contribution in [0.15, 0.2) is 60.9 Å². The number of fused-ring (bicyclic) bond motifs is 2. The van der Waals surface area contributed by atoms with Gasteiger partial charge in [0.05, 0.1) is 5.02 Å². The average Bonchev–Trinajstić information content (AvgIpc) is 3.42. The number of aromatic nitrogens is 3. The first-order chi connectivity index (χ1) is 19.2. The monoisotopic (exact) mass is 559 g/mol. The van der Waals surface area contributed by atoms with Gasteiger partial charge in [0.2, 0.25) is 5.91 Å². The molecule has 0 unspecified atom stereocenters. The molecule has 1 saturated heterocycles. The maximum atomic E-state index is 16.6. The van der Waals surface area contributed by atoms with Crippen LogP contribution in [0.4, 0.5) is 10.2 Å². The zero-order valence-corrected chi connectivity index (χ0v) is 22.9. The van der Waals surface area contributed by atoms with Crippen molar-refractivity contribution >= 4 is 45.0 Å². The van der Waals surface area contributed by atoms with Crippen molar-refractivity contribution in [1.82, 2.24) is 19.9 Å². The highest BCUT2D eigenvalue weighted by Crippen LogP contribution is 2.43. The Bertz CT molecular complexity index is 1760. The number of benzene rings is 3. The van der Waals surface area contributed by atoms with Gasteiger partial charge in [-0.05, 0) is 54.4 Å². The first kappa shape index (κ1) is 25.9. The lowest BCUT2D eigenvalue weighted by Gasteiger charge is -2.44.